The standard InChI is InChI=1S/C17H24FN/c1-5-17(4,12-8-9-14(2)3)19-13-15-10-6-7-11-16(15)18/h5-7,10-11,13-14H,1,8-9,12H2,2-4H3. The van der Waals surface area contributed by atoms with Gasteiger partial charge in [0, 0.05) is 11.8 Å². The Bertz CT molecular complexity index is 437. The Kier molecular flexibility index (Phi) is 5.94. The number of rotatable bonds is 7. The van der Waals surface area contributed by atoms with Crippen molar-refractivity contribution in [2.75, 3.05) is 0 Å². The van der Waals surface area contributed by atoms with Gasteiger partial charge in [-0.1, -0.05) is 51.0 Å². The van der Waals surface area contributed by atoms with Crippen LogP contribution in [0, 0.1) is 11.7 Å². The zero-order chi connectivity index (χ0) is 14.3. The Labute approximate surface area is 116 Å². The van der Waals surface area contributed by atoms with Gasteiger partial charge < -0.3 is 0 Å². The lowest BCUT2D eigenvalue weighted by molar-refractivity contribution is 0.461. The van der Waals surface area contributed by atoms with E-state index in [1.807, 2.05) is 19.1 Å². The van der Waals surface area contributed by atoms with E-state index in [0.29, 0.717) is 11.5 Å². The molecule has 0 aromatic heterocycles. The molecule has 0 bridgehead atoms. The first-order valence-electron chi connectivity index (χ1n) is 6.90. The van der Waals surface area contributed by atoms with Gasteiger partial charge in [-0.2, -0.15) is 0 Å². The molecule has 1 aromatic carbocycles. The van der Waals surface area contributed by atoms with E-state index in [-0.39, 0.29) is 11.4 Å². The second-order valence-electron chi connectivity index (χ2n) is 5.63. The van der Waals surface area contributed by atoms with Gasteiger partial charge in [0.05, 0.1) is 5.54 Å². The summed E-state index contributed by atoms with van der Waals surface area (Å²) in [6, 6.07) is 6.68. The Morgan fingerprint density at radius 1 is 1.37 bits per heavy atom. The van der Waals surface area contributed by atoms with Crippen LogP contribution in [0.4, 0.5) is 4.39 Å². The fourth-order valence-electron chi connectivity index (χ4n) is 1.88. The largest absolute Gasteiger partial charge is 0.282 e. The normalized spacial score (nSPS) is 14.8. The van der Waals surface area contributed by atoms with Crippen LogP contribution in [-0.4, -0.2) is 11.8 Å². The summed E-state index contributed by atoms with van der Waals surface area (Å²) >= 11 is 0. The van der Waals surface area contributed by atoms with Gasteiger partial charge in [-0.15, -0.1) is 6.58 Å². The molecule has 1 atom stereocenters. The predicted molar refractivity (Wildman–Crippen MR) is 81.3 cm³/mol. The molecule has 19 heavy (non-hydrogen) atoms. The number of aliphatic imine (C=N–C) groups is 1. The maximum absolute atomic E-state index is 13.5. The van der Waals surface area contributed by atoms with Crippen molar-refractivity contribution in [1.29, 1.82) is 0 Å². The zero-order valence-corrected chi connectivity index (χ0v) is 12.2. The first kappa shape index (κ1) is 15.6. The van der Waals surface area contributed by atoms with Crippen LogP contribution in [0.2, 0.25) is 0 Å². The molecule has 1 rings (SSSR count). The third kappa shape index (κ3) is 5.37. The van der Waals surface area contributed by atoms with Gasteiger partial charge in [0.1, 0.15) is 5.82 Å². The first-order valence-corrected chi connectivity index (χ1v) is 6.90. The first-order chi connectivity index (χ1) is 8.97. The Morgan fingerprint density at radius 3 is 2.63 bits per heavy atom. The van der Waals surface area contributed by atoms with Crippen LogP contribution in [0.5, 0.6) is 0 Å². The molecule has 0 aliphatic carbocycles. The maximum atomic E-state index is 13.5. The van der Waals surface area contributed by atoms with E-state index in [0.717, 1.165) is 12.8 Å². The lowest BCUT2D eigenvalue weighted by atomic mass is 9.93. The summed E-state index contributed by atoms with van der Waals surface area (Å²) in [5.41, 5.74) is 0.219. The minimum Gasteiger partial charge on any atom is -0.282 e. The number of hydrogen-bond acceptors (Lipinski definition) is 1. The van der Waals surface area contributed by atoms with Gasteiger partial charge in [-0.3, -0.25) is 4.99 Å². The molecule has 0 N–H and O–H groups in total. The average molecular weight is 261 g/mol. The van der Waals surface area contributed by atoms with E-state index in [2.05, 4.69) is 25.4 Å². The molecular weight excluding hydrogens is 237 g/mol. The molecule has 1 unspecified atom stereocenters. The van der Waals surface area contributed by atoms with Crippen LogP contribution >= 0.6 is 0 Å². The lowest BCUT2D eigenvalue weighted by Gasteiger charge is -2.21. The average Bonchev–Trinajstić information content (AvgIpc) is 2.37. The molecule has 0 heterocycles. The second kappa shape index (κ2) is 7.22. The number of halogens is 1. The topological polar surface area (TPSA) is 12.4 Å². The third-order valence-corrected chi connectivity index (χ3v) is 3.31. The van der Waals surface area contributed by atoms with Crippen LogP contribution < -0.4 is 0 Å². The van der Waals surface area contributed by atoms with Gasteiger partial charge in [0.25, 0.3) is 0 Å². The molecule has 0 saturated heterocycles. The maximum Gasteiger partial charge on any atom is 0.131 e. The molecule has 0 aliphatic heterocycles. The summed E-state index contributed by atoms with van der Waals surface area (Å²) < 4.78 is 13.5. The van der Waals surface area contributed by atoms with Crippen molar-refractivity contribution in [2.24, 2.45) is 10.9 Å². The second-order valence-corrected chi connectivity index (χ2v) is 5.63. The molecule has 1 nitrogen and oxygen atoms in total. The zero-order valence-electron chi connectivity index (χ0n) is 12.2. The van der Waals surface area contributed by atoms with Crippen molar-refractivity contribution in [3.8, 4) is 0 Å². The van der Waals surface area contributed by atoms with E-state index in [1.54, 1.807) is 18.3 Å². The van der Waals surface area contributed by atoms with Crippen molar-refractivity contribution in [2.45, 2.75) is 45.6 Å². The molecule has 104 valence electrons. The lowest BCUT2D eigenvalue weighted by Crippen LogP contribution is -2.18. The van der Waals surface area contributed by atoms with Gasteiger partial charge in [0.15, 0.2) is 0 Å². The van der Waals surface area contributed by atoms with Gasteiger partial charge in [-0.05, 0) is 25.3 Å². The SMILES string of the molecule is C=CC(C)(CCCC(C)C)N=Cc1ccccc1F. The summed E-state index contributed by atoms with van der Waals surface area (Å²) in [5.74, 6) is 0.462. The number of hydrogen-bond donors (Lipinski definition) is 0. The van der Waals surface area contributed by atoms with Crippen LogP contribution in [0.15, 0.2) is 41.9 Å². The molecule has 1 aromatic rings. The monoisotopic (exact) mass is 261 g/mol. The van der Waals surface area contributed by atoms with Gasteiger partial charge in [-0.25, -0.2) is 4.39 Å². The van der Waals surface area contributed by atoms with Crippen LogP contribution in [0.25, 0.3) is 0 Å². The summed E-state index contributed by atoms with van der Waals surface area (Å²) in [4.78, 5) is 4.52. The van der Waals surface area contributed by atoms with E-state index in [9.17, 15) is 4.39 Å². The van der Waals surface area contributed by atoms with Gasteiger partial charge >= 0.3 is 0 Å². The van der Waals surface area contributed by atoms with Gasteiger partial charge in [0.2, 0.25) is 0 Å². The van der Waals surface area contributed by atoms with Crippen molar-refractivity contribution in [3.05, 3.63) is 48.3 Å². The molecule has 0 fully saturated rings. The number of nitrogens with zero attached hydrogens (tertiary/aromatic N) is 1. The minimum absolute atomic E-state index is 0.236. The summed E-state index contributed by atoms with van der Waals surface area (Å²) in [6.45, 7) is 10.3. The van der Waals surface area contributed by atoms with E-state index in [4.69, 9.17) is 0 Å². The highest BCUT2D eigenvalue weighted by molar-refractivity contribution is 5.80. The van der Waals surface area contributed by atoms with Crippen molar-refractivity contribution in [1.82, 2.24) is 0 Å². The van der Waals surface area contributed by atoms with Crippen molar-refractivity contribution < 1.29 is 4.39 Å². The predicted octanol–water partition coefficient (Wildman–Crippen LogP) is 5.02. The highest BCUT2D eigenvalue weighted by atomic mass is 19.1. The van der Waals surface area contributed by atoms with Crippen LogP contribution in [-0.2, 0) is 0 Å². The van der Waals surface area contributed by atoms with Crippen molar-refractivity contribution >= 4 is 6.21 Å². The third-order valence-electron chi connectivity index (χ3n) is 3.31. The minimum atomic E-state index is -0.308. The fraction of sp³-hybridized carbons (Fsp3) is 0.471. The molecule has 0 saturated carbocycles. The van der Waals surface area contributed by atoms with E-state index in [1.165, 1.54) is 12.5 Å². The van der Waals surface area contributed by atoms with Crippen LogP contribution in [0.1, 0.15) is 45.6 Å². The quantitative estimate of drug-likeness (QED) is 0.483. The fourth-order valence-corrected chi connectivity index (χ4v) is 1.88. The van der Waals surface area contributed by atoms with Crippen molar-refractivity contribution in [3.63, 3.8) is 0 Å². The summed E-state index contributed by atoms with van der Waals surface area (Å²) in [5, 5.41) is 0. The van der Waals surface area contributed by atoms with E-state index >= 15 is 0 Å². The Morgan fingerprint density at radius 2 is 2.05 bits per heavy atom. The molecular formula is C17H24FN. The molecule has 0 amide bonds. The smallest absolute Gasteiger partial charge is 0.131 e. The summed E-state index contributed by atoms with van der Waals surface area (Å²) in [6.07, 6.45) is 6.70. The molecule has 0 spiro atoms. The molecule has 0 radical (unpaired) electrons. The molecule has 0 aliphatic rings. The Balaban J connectivity index is 2.69. The highest BCUT2D eigenvalue weighted by Gasteiger charge is 2.17. The highest BCUT2D eigenvalue weighted by Crippen LogP contribution is 2.22. The molecule has 2 heteroatoms. The van der Waals surface area contributed by atoms with E-state index < -0.39 is 0 Å². The Hall–Kier alpha value is -1.44. The number of benzene rings is 1. The van der Waals surface area contributed by atoms with Crippen LogP contribution in [0.3, 0.4) is 0 Å². The summed E-state index contributed by atoms with van der Waals surface area (Å²) in [7, 11) is 0.